The molecule has 3 nitrogen and oxygen atoms in total. The summed E-state index contributed by atoms with van der Waals surface area (Å²) >= 11 is 0. The second-order valence-electron chi connectivity index (χ2n) is 8.31. The highest BCUT2D eigenvalue weighted by Gasteiger charge is 2.34. The van der Waals surface area contributed by atoms with Crippen LogP contribution >= 0.6 is 0 Å². The van der Waals surface area contributed by atoms with Crippen LogP contribution in [0.5, 0.6) is 0 Å². The van der Waals surface area contributed by atoms with Gasteiger partial charge in [-0.2, -0.15) is 0 Å². The fraction of sp³-hybridized carbons (Fsp3) is 0.435. The largest absolute Gasteiger partial charge is 0.378 e. The van der Waals surface area contributed by atoms with Crippen molar-refractivity contribution < 1.29 is 4.79 Å². The minimum atomic E-state index is 0.0298. The fourth-order valence-electron chi connectivity index (χ4n) is 3.86. The Kier molecular flexibility index (Phi) is 5.36. The molecule has 3 heteroatoms. The molecule has 0 spiro atoms. The minimum Gasteiger partial charge on any atom is -0.378 e. The molecule has 1 N–H and O–H groups in total. The molecule has 0 saturated heterocycles. The van der Waals surface area contributed by atoms with Gasteiger partial charge in [-0.05, 0) is 59.6 Å². The average Bonchev–Trinajstić information content (AvgIpc) is 2.98. The Labute approximate surface area is 157 Å². The molecule has 1 aliphatic rings. The first-order valence-corrected chi connectivity index (χ1v) is 9.53. The second-order valence-corrected chi connectivity index (χ2v) is 8.31. The summed E-state index contributed by atoms with van der Waals surface area (Å²) in [6.45, 7) is 5.40. The Morgan fingerprint density at radius 1 is 1.04 bits per heavy atom. The van der Waals surface area contributed by atoms with Crippen molar-refractivity contribution >= 4 is 11.6 Å². The van der Waals surface area contributed by atoms with Crippen molar-refractivity contribution in [3.63, 3.8) is 0 Å². The highest BCUT2D eigenvalue weighted by molar-refractivity contribution is 5.94. The zero-order valence-electron chi connectivity index (χ0n) is 16.4. The summed E-state index contributed by atoms with van der Waals surface area (Å²) in [6, 6.07) is 16.4. The summed E-state index contributed by atoms with van der Waals surface area (Å²) in [4.78, 5) is 14.5. The lowest BCUT2D eigenvalue weighted by Gasteiger charge is -2.27. The molecule has 138 valence electrons. The zero-order valence-corrected chi connectivity index (χ0v) is 16.4. The molecule has 0 aliphatic heterocycles. The van der Waals surface area contributed by atoms with Crippen molar-refractivity contribution in [2.24, 2.45) is 11.3 Å². The fourth-order valence-corrected chi connectivity index (χ4v) is 3.86. The van der Waals surface area contributed by atoms with E-state index in [2.05, 4.69) is 48.3 Å². The Balaban J connectivity index is 1.62. The van der Waals surface area contributed by atoms with E-state index in [0.717, 1.165) is 23.2 Å². The third-order valence-electron chi connectivity index (χ3n) is 5.85. The number of amides is 1. The van der Waals surface area contributed by atoms with Crippen LogP contribution in [0.1, 0.15) is 43.5 Å². The summed E-state index contributed by atoms with van der Waals surface area (Å²) in [6.07, 6.45) is 3.75. The molecular formula is C23H30N2O. The van der Waals surface area contributed by atoms with Crippen LogP contribution in [-0.2, 0) is 0 Å². The van der Waals surface area contributed by atoms with Crippen molar-refractivity contribution in [1.82, 2.24) is 5.32 Å². The Bertz CT molecular complexity index is 745. The Hall–Kier alpha value is -2.29. The molecule has 0 aromatic heterocycles. The van der Waals surface area contributed by atoms with Crippen LogP contribution in [0, 0.1) is 11.3 Å². The molecule has 1 amide bonds. The first-order valence-electron chi connectivity index (χ1n) is 9.53. The van der Waals surface area contributed by atoms with Crippen LogP contribution in [0.4, 0.5) is 5.69 Å². The molecule has 0 heterocycles. The molecule has 0 radical (unpaired) electrons. The number of benzene rings is 2. The maximum absolute atomic E-state index is 12.5. The van der Waals surface area contributed by atoms with Gasteiger partial charge in [0.15, 0.2) is 0 Å². The van der Waals surface area contributed by atoms with Crippen LogP contribution < -0.4 is 10.2 Å². The molecule has 2 aromatic rings. The molecule has 1 aliphatic carbocycles. The van der Waals surface area contributed by atoms with Gasteiger partial charge >= 0.3 is 0 Å². The number of nitrogens with one attached hydrogen (secondary N) is 1. The van der Waals surface area contributed by atoms with E-state index in [9.17, 15) is 4.79 Å². The van der Waals surface area contributed by atoms with E-state index in [1.165, 1.54) is 24.9 Å². The summed E-state index contributed by atoms with van der Waals surface area (Å²) in [5.74, 6) is 0.614. The number of carbonyl (C=O) groups is 1. The molecule has 0 bridgehead atoms. The Morgan fingerprint density at radius 3 is 2.12 bits per heavy atom. The SMILES string of the molecule is CN(C)c1ccc(-c2ccc(C(=O)NCC3CCCC3(C)C)cc2)cc1. The summed E-state index contributed by atoms with van der Waals surface area (Å²) in [7, 11) is 4.07. The normalized spacial score (nSPS) is 18.5. The Morgan fingerprint density at radius 2 is 1.62 bits per heavy atom. The predicted molar refractivity (Wildman–Crippen MR) is 110 cm³/mol. The molecule has 1 unspecified atom stereocenters. The molecule has 3 rings (SSSR count). The number of anilines is 1. The first kappa shape index (κ1) is 18.5. The number of hydrogen-bond acceptors (Lipinski definition) is 2. The quantitative estimate of drug-likeness (QED) is 0.825. The van der Waals surface area contributed by atoms with Gasteiger partial charge in [-0.15, -0.1) is 0 Å². The van der Waals surface area contributed by atoms with Gasteiger partial charge in [0.05, 0.1) is 0 Å². The minimum absolute atomic E-state index is 0.0298. The van der Waals surface area contributed by atoms with Crippen LogP contribution in [0.3, 0.4) is 0 Å². The van der Waals surface area contributed by atoms with E-state index in [-0.39, 0.29) is 5.91 Å². The molecule has 1 atom stereocenters. The van der Waals surface area contributed by atoms with Gasteiger partial charge in [0.25, 0.3) is 5.91 Å². The zero-order chi connectivity index (χ0) is 18.7. The van der Waals surface area contributed by atoms with Crippen molar-refractivity contribution in [1.29, 1.82) is 0 Å². The van der Waals surface area contributed by atoms with Gasteiger partial charge in [0, 0.05) is 31.9 Å². The molecule has 1 fully saturated rings. The molecule has 26 heavy (non-hydrogen) atoms. The lowest BCUT2D eigenvalue weighted by atomic mass is 9.82. The topological polar surface area (TPSA) is 32.3 Å². The van der Waals surface area contributed by atoms with Crippen LogP contribution in [0.25, 0.3) is 11.1 Å². The maximum Gasteiger partial charge on any atom is 0.251 e. The van der Waals surface area contributed by atoms with Crippen molar-refractivity contribution in [3.05, 3.63) is 54.1 Å². The number of rotatable bonds is 5. The van der Waals surface area contributed by atoms with E-state index >= 15 is 0 Å². The predicted octanol–water partition coefficient (Wildman–Crippen LogP) is 4.98. The number of hydrogen-bond donors (Lipinski definition) is 1. The van der Waals surface area contributed by atoms with Crippen molar-refractivity contribution in [2.75, 3.05) is 25.5 Å². The van der Waals surface area contributed by atoms with E-state index in [1.807, 2.05) is 38.4 Å². The van der Waals surface area contributed by atoms with E-state index in [4.69, 9.17) is 0 Å². The van der Waals surface area contributed by atoms with Crippen LogP contribution in [-0.4, -0.2) is 26.5 Å². The summed E-state index contributed by atoms with van der Waals surface area (Å²) in [5, 5.41) is 3.13. The van der Waals surface area contributed by atoms with Gasteiger partial charge in [-0.1, -0.05) is 44.5 Å². The standard InChI is InChI=1S/C23H30N2O/c1-23(2)15-5-6-20(23)16-24-22(26)19-9-7-17(8-10-19)18-11-13-21(14-12-18)25(3)4/h7-14,20H,5-6,15-16H2,1-4H3,(H,24,26). The number of carbonyl (C=O) groups excluding carboxylic acids is 1. The first-order chi connectivity index (χ1) is 12.4. The summed E-state index contributed by atoms with van der Waals surface area (Å²) < 4.78 is 0. The van der Waals surface area contributed by atoms with Crippen LogP contribution in [0.2, 0.25) is 0 Å². The lowest BCUT2D eigenvalue weighted by molar-refractivity contribution is 0.0937. The highest BCUT2D eigenvalue weighted by Crippen LogP contribution is 2.42. The summed E-state index contributed by atoms with van der Waals surface area (Å²) in [5.41, 5.74) is 4.55. The monoisotopic (exact) mass is 350 g/mol. The van der Waals surface area contributed by atoms with Gasteiger partial charge in [-0.3, -0.25) is 4.79 Å². The lowest BCUT2D eigenvalue weighted by Crippen LogP contribution is -2.33. The van der Waals surface area contributed by atoms with E-state index in [1.54, 1.807) is 0 Å². The number of nitrogens with zero attached hydrogens (tertiary/aromatic N) is 1. The van der Waals surface area contributed by atoms with Gasteiger partial charge < -0.3 is 10.2 Å². The van der Waals surface area contributed by atoms with Gasteiger partial charge in [0.2, 0.25) is 0 Å². The molecule has 2 aromatic carbocycles. The van der Waals surface area contributed by atoms with Gasteiger partial charge in [0.1, 0.15) is 0 Å². The van der Waals surface area contributed by atoms with Crippen LogP contribution in [0.15, 0.2) is 48.5 Å². The van der Waals surface area contributed by atoms with Crippen molar-refractivity contribution in [3.8, 4) is 11.1 Å². The van der Waals surface area contributed by atoms with Gasteiger partial charge in [-0.25, -0.2) is 0 Å². The third-order valence-corrected chi connectivity index (χ3v) is 5.85. The van der Waals surface area contributed by atoms with E-state index in [0.29, 0.717) is 11.3 Å². The second kappa shape index (κ2) is 7.53. The van der Waals surface area contributed by atoms with E-state index < -0.39 is 0 Å². The van der Waals surface area contributed by atoms with Crippen molar-refractivity contribution in [2.45, 2.75) is 33.1 Å². The third kappa shape index (κ3) is 4.09. The molecular weight excluding hydrogens is 320 g/mol. The smallest absolute Gasteiger partial charge is 0.251 e. The average molecular weight is 351 g/mol. The highest BCUT2D eigenvalue weighted by atomic mass is 16.1. The molecule has 1 saturated carbocycles. The maximum atomic E-state index is 12.5.